The Morgan fingerprint density at radius 1 is 1.00 bits per heavy atom. The predicted octanol–water partition coefficient (Wildman–Crippen LogP) is 5.08. The zero-order chi connectivity index (χ0) is 17.1. The Labute approximate surface area is 138 Å². The largest absolute Gasteiger partial charge is 0.329 e. The standard InChI is InChI=1S/C17H39NO3P/c1-7-8-9-10-11-12-13-14-17(2)21-22(6,19)20-16-15-18(3,4)5/h17H,7-16H2,1-6H3/q+1. The molecular weight excluding hydrogens is 297 g/mol. The SMILES string of the molecule is CCCCCCCCCC(C)OP(C)(=O)OCC[N+](C)(C)C. The molecule has 0 N–H and O–H groups in total. The summed E-state index contributed by atoms with van der Waals surface area (Å²) in [5.41, 5.74) is 0. The highest BCUT2D eigenvalue weighted by atomic mass is 31.2. The summed E-state index contributed by atoms with van der Waals surface area (Å²) in [7, 11) is 3.36. The lowest BCUT2D eigenvalue weighted by molar-refractivity contribution is -0.870. The van der Waals surface area contributed by atoms with E-state index in [0.29, 0.717) is 6.61 Å². The van der Waals surface area contributed by atoms with E-state index in [1.165, 1.54) is 38.5 Å². The van der Waals surface area contributed by atoms with Gasteiger partial charge < -0.3 is 13.5 Å². The molecule has 2 unspecified atom stereocenters. The smallest absolute Gasteiger partial charge is 0.328 e. The Bertz CT molecular complexity index is 316. The van der Waals surface area contributed by atoms with Gasteiger partial charge in [0.05, 0.1) is 27.2 Å². The zero-order valence-electron chi connectivity index (χ0n) is 15.8. The summed E-state index contributed by atoms with van der Waals surface area (Å²) in [5.74, 6) is 0. The Kier molecular flexibility index (Phi) is 11.7. The number of likely N-dealkylation sites (N-methyl/N-ethyl adjacent to an activating group) is 1. The van der Waals surface area contributed by atoms with Crippen molar-refractivity contribution < 1.29 is 18.1 Å². The molecule has 2 atom stereocenters. The predicted molar refractivity (Wildman–Crippen MR) is 95.5 cm³/mol. The van der Waals surface area contributed by atoms with E-state index >= 15 is 0 Å². The van der Waals surface area contributed by atoms with Crippen LogP contribution in [0.25, 0.3) is 0 Å². The lowest BCUT2D eigenvalue weighted by atomic mass is 10.1. The maximum absolute atomic E-state index is 12.3. The quantitative estimate of drug-likeness (QED) is 0.252. The molecule has 4 nitrogen and oxygen atoms in total. The Balaban J connectivity index is 3.71. The third kappa shape index (κ3) is 15.0. The number of unbranched alkanes of at least 4 members (excludes halogenated alkanes) is 6. The second-order valence-corrected chi connectivity index (χ2v) is 9.46. The third-order valence-electron chi connectivity index (χ3n) is 3.67. The van der Waals surface area contributed by atoms with Crippen molar-refractivity contribution in [2.45, 2.75) is 71.3 Å². The van der Waals surface area contributed by atoms with Gasteiger partial charge in [-0.2, -0.15) is 0 Å². The second kappa shape index (κ2) is 11.6. The highest BCUT2D eigenvalue weighted by Crippen LogP contribution is 2.45. The molecule has 134 valence electrons. The van der Waals surface area contributed by atoms with E-state index in [1.807, 2.05) is 6.92 Å². The van der Waals surface area contributed by atoms with E-state index in [0.717, 1.165) is 23.9 Å². The first-order valence-electron chi connectivity index (χ1n) is 8.87. The number of quaternary nitrogens is 1. The monoisotopic (exact) mass is 336 g/mol. The van der Waals surface area contributed by atoms with Gasteiger partial charge in [-0.05, 0) is 13.3 Å². The molecule has 0 aliphatic rings. The van der Waals surface area contributed by atoms with Gasteiger partial charge in [0.15, 0.2) is 0 Å². The minimum atomic E-state index is -2.92. The van der Waals surface area contributed by atoms with Crippen molar-refractivity contribution in [1.29, 1.82) is 0 Å². The molecule has 0 fully saturated rings. The van der Waals surface area contributed by atoms with Crippen LogP contribution in [0, 0.1) is 0 Å². The van der Waals surface area contributed by atoms with Gasteiger partial charge in [-0.1, -0.05) is 51.9 Å². The van der Waals surface area contributed by atoms with Gasteiger partial charge in [0, 0.05) is 6.66 Å². The number of hydrogen-bond acceptors (Lipinski definition) is 3. The Morgan fingerprint density at radius 2 is 1.55 bits per heavy atom. The first-order chi connectivity index (χ1) is 10.2. The van der Waals surface area contributed by atoms with Crippen LogP contribution in [0.1, 0.15) is 65.2 Å². The summed E-state index contributed by atoms with van der Waals surface area (Å²) in [6.07, 6.45) is 10.0. The lowest BCUT2D eigenvalue weighted by Gasteiger charge is -2.25. The molecule has 0 aromatic rings. The molecule has 22 heavy (non-hydrogen) atoms. The van der Waals surface area contributed by atoms with E-state index in [1.54, 1.807) is 6.66 Å². The van der Waals surface area contributed by atoms with Gasteiger partial charge >= 0.3 is 7.60 Å². The van der Waals surface area contributed by atoms with Gasteiger partial charge in [-0.15, -0.1) is 0 Å². The van der Waals surface area contributed by atoms with E-state index in [4.69, 9.17) is 9.05 Å². The molecule has 0 spiro atoms. The average molecular weight is 336 g/mol. The average Bonchev–Trinajstić information content (AvgIpc) is 2.35. The molecule has 0 aromatic carbocycles. The number of hydrogen-bond donors (Lipinski definition) is 0. The maximum atomic E-state index is 12.3. The molecule has 0 radical (unpaired) electrons. The highest BCUT2D eigenvalue weighted by molar-refractivity contribution is 7.53. The highest BCUT2D eigenvalue weighted by Gasteiger charge is 2.21. The summed E-state index contributed by atoms with van der Waals surface area (Å²) in [6.45, 7) is 7.12. The van der Waals surface area contributed by atoms with Crippen LogP contribution >= 0.6 is 7.60 Å². The van der Waals surface area contributed by atoms with Crippen LogP contribution in [0.4, 0.5) is 0 Å². The van der Waals surface area contributed by atoms with Crippen LogP contribution < -0.4 is 0 Å². The molecule has 0 aromatic heterocycles. The van der Waals surface area contributed by atoms with Crippen LogP contribution in [0.15, 0.2) is 0 Å². The van der Waals surface area contributed by atoms with Gasteiger partial charge in [-0.25, -0.2) is 0 Å². The molecule has 0 amide bonds. The van der Waals surface area contributed by atoms with Crippen LogP contribution in [0.2, 0.25) is 0 Å². The molecule has 0 heterocycles. The normalized spacial score (nSPS) is 16.5. The van der Waals surface area contributed by atoms with Crippen molar-refractivity contribution in [3.63, 3.8) is 0 Å². The summed E-state index contributed by atoms with van der Waals surface area (Å²) >= 11 is 0. The van der Waals surface area contributed by atoms with Crippen LogP contribution in [0.3, 0.4) is 0 Å². The fraction of sp³-hybridized carbons (Fsp3) is 1.00. The van der Waals surface area contributed by atoms with E-state index in [9.17, 15) is 4.57 Å². The minimum Gasteiger partial charge on any atom is -0.329 e. The molecule has 5 heteroatoms. The molecule has 0 bridgehead atoms. The number of rotatable bonds is 14. The van der Waals surface area contributed by atoms with Gasteiger partial charge in [0.1, 0.15) is 13.2 Å². The van der Waals surface area contributed by atoms with Crippen LogP contribution in [0.5, 0.6) is 0 Å². The van der Waals surface area contributed by atoms with Crippen LogP contribution in [-0.4, -0.2) is 51.5 Å². The summed E-state index contributed by atoms with van der Waals surface area (Å²) in [4.78, 5) is 0. The fourth-order valence-corrected chi connectivity index (χ4v) is 3.51. The Hall–Kier alpha value is 0.110. The zero-order valence-corrected chi connectivity index (χ0v) is 16.7. The fourth-order valence-electron chi connectivity index (χ4n) is 2.28. The molecular formula is C17H39NO3P+. The first kappa shape index (κ1) is 22.1. The van der Waals surface area contributed by atoms with Gasteiger partial charge in [0.25, 0.3) is 0 Å². The summed E-state index contributed by atoms with van der Waals surface area (Å²) < 4.78 is 24.2. The molecule has 0 aliphatic heterocycles. The van der Waals surface area contributed by atoms with Gasteiger partial charge in [0.2, 0.25) is 0 Å². The van der Waals surface area contributed by atoms with Crippen molar-refractivity contribution in [3.05, 3.63) is 0 Å². The second-order valence-electron chi connectivity index (χ2n) is 7.44. The number of nitrogens with zero attached hydrogens (tertiary/aromatic N) is 1. The molecule has 0 saturated heterocycles. The third-order valence-corrected chi connectivity index (χ3v) is 5.07. The van der Waals surface area contributed by atoms with Crippen molar-refractivity contribution in [2.24, 2.45) is 0 Å². The minimum absolute atomic E-state index is 0.00982. The molecule has 0 saturated carbocycles. The topological polar surface area (TPSA) is 35.5 Å². The maximum Gasteiger partial charge on any atom is 0.328 e. The van der Waals surface area contributed by atoms with Crippen molar-refractivity contribution in [2.75, 3.05) is 41.0 Å². The summed E-state index contributed by atoms with van der Waals surface area (Å²) in [6, 6.07) is 0. The Morgan fingerprint density at radius 3 is 2.09 bits per heavy atom. The van der Waals surface area contributed by atoms with Gasteiger partial charge in [-0.3, -0.25) is 4.57 Å². The van der Waals surface area contributed by atoms with Crippen molar-refractivity contribution in [3.8, 4) is 0 Å². The lowest BCUT2D eigenvalue weighted by Crippen LogP contribution is -2.37. The van der Waals surface area contributed by atoms with E-state index in [2.05, 4.69) is 28.1 Å². The summed E-state index contributed by atoms with van der Waals surface area (Å²) in [5, 5.41) is 0. The van der Waals surface area contributed by atoms with E-state index < -0.39 is 7.60 Å². The molecule has 0 rings (SSSR count). The van der Waals surface area contributed by atoms with Crippen molar-refractivity contribution in [1.82, 2.24) is 0 Å². The van der Waals surface area contributed by atoms with Crippen LogP contribution in [-0.2, 0) is 13.6 Å². The first-order valence-corrected chi connectivity index (χ1v) is 10.9. The molecule has 0 aliphatic carbocycles. The van der Waals surface area contributed by atoms with E-state index in [-0.39, 0.29) is 6.10 Å². The van der Waals surface area contributed by atoms with Crippen molar-refractivity contribution >= 4 is 7.60 Å².